The van der Waals surface area contributed by atoms with Gasteiger partial charge in [0.15, 0.2) is 0 Å². The monoisotopic (exact) mass is 288 g/mol. The van der Waals surface area contributed by atoms with Gasteiger partial charge in [0.25, 0.3) is 0 Å². The summed E-state index contributed by atoms with van der Waals surface area (Å²) in [5.74, 6) is 0. The van der Waals surface area contributed by atoms with Gasteiger partial charge in [-0.05, 0) is 40.0 Å². The van der Waals surface area contributed by atoms with Gasteiger partial charge in [-0.3, -0.25) is 0 Å². The molecular formula is C16H32O4. The van der Waals surface area contributed by atoms with Crippen LogP contribution in [0.15, 0.2) is 0 Å². The molecule has 0 heterocycles. The highest BCUT2D eigenvalue weighted by molar-refractivity contribution is 5.60. The Morgan fingerprint density at radius 3 is 2.15 bits per heavy atom. The first-order valence-corrected chi connectivity index (χ1v) is 7.66. The minimum atomic E-state index is -0.575. The highest BCUT2D eigenvalue weighted by atomic mass is 16.7. The summed E-state index contributed by atoms with van der Waals surface area (Å²) in [6, 6.07) is 0. The summed E-state index contributed by atoms with van der Waals surface area (Å²) in [5.41, 5.74) is -0.736. The van der Waals surface area contributed by atoms with E-state index < -0.39 is 11.8 Å². The number of ether oxygens (including phenoxy) is 3. The minimum absolute atomic E-state index is 0.179. The van der Waals surface area contributed by atoms with Crippen LogP contribution in [0.1, 0.15) is 67.7 Å². The summed E-state index contributed by atoms with van der Waals surface area (Å²) in [7, 11) is 0. The molecule has 0 rings (SSSR count). The molecule has 0 aliphatic rings. The number of rotatable bonds is 9. The molecule has 1 unspecified atom stereocenters. The van der Waals surface area contributed by atoms with E-state index in [1.54, 1.807) is 0 Å². The zero-order chi connectivity index (χ0) is 15.8. The van der Waals surface area contributed by atoms with Crippen molar-refractivity contribution in [2.45, 2.75) is 79.4 Å². The molecule has 4 heteroatoms. The molecule has 0 saturated heterocycles. The first kappa shape index (κ1) is 19.2. The van der Waals surface area contributed by atoms with Crippen LogP contribution < -0.4 is 0 Å². The molecule has 0 aliphatic heterocycles. The number of carbonyl (C=O) groups excluding carboxylic acids is 1. The van der Waals surface area contributed by atoms with E-state index in [0.717, 1.165) is 19.3 Å². The maximum Gasteiger partial charge on any atom is 0.508 e. The van der Waals surface area contributed by atoms with Gasteiger partial charge >= 0.3 is 6.16 Å². The van der Waals surface area contributed by atoms with E-state index in [0.29, 0.717) is 13.2 Å². The molecule has 4 nitrogen and oxygen atoms in total. The second-order valence-corrected chi connectivity index (χ2v) is 6.34. The van der Waals surface area contributed by atoms with E-state index in [1.807, 2.05) is 34.6 Å². The second kappa shape index (κ2) is 8.50. The van der Waals surface area contributed by atoms with Crippen molar-refractivity contribution in [1.82, 2.24) is 0 Å². The average Bonchev–Trinajstić information content (AvgIpc) is 2.35. The zero-order valence-corrected chi connectivity index (χ0v) is 14.2. The number of hydrogen-bond acceptors (Lipinski definition) is 4. The largest absolute Gasteiger partial charge is 0.508 e. The van der Waals surface area contributed by atoms with Crippen LogP contribution in [0.25, 0.3) is 0 Å². The first-order valence-electron chi connectivity index (χ1n) is 7.66. The molecule has 1 atom stereocenters. The zero-order valence-electron chi connectivity index (χ0n) is 14.2. The maximum absolute atomic E-state index is 11.7. The summed E-state index contributed by atoms with van der Waals surface area (Å²) >= 11 is 0. The summed E-state index contributed by atoms with van der Waals surface area (Å²) in [5, 5.41) is 0. The predicted molar refractivity (Wildman–Crippen MR) is 80.9 cm³/mol. The fourth-order valence-corrected chi connectivity index (χ4v) is 1.90. The molecule has 0 spiro atoms. The summed E-state index contributed by atoms with van der Waals surface area (Å²) in [6.45, 7) is 15.3. The van der Waals surface area contributed by atoms with Crippen LogP contribution in [0.2, 0.25) is 0 Å². The topological polar surface area (TPSA) is 44.8 Å². The third-order valence-corrected chi connectivity index (χ3v) is 4.02. The van der Waals surface area contributed by atoms with Crippen LogP contribution in [0.4, 0.5) is 4.79 Å². The quantitative estimate of drug-likeness (QED) is 0.583. The smallest absolute Gasteiger partial charge is 0.434 e. The third kappa shape index (κ3) is 6.12. The molecule has 0 radical (unpaired) electrons. The van der Waals surface area contributed by atoms with Gasteiger partial charge in [0.2, 0.25) is 0 Å². The molecule has 120 valence electrons. The predicted octanol–water partition coefficient (Wildman–Crippen LogP) is 4.56. The van der Waals surface area contributed by atoms with Crippen molar-refractivity contribution in [3.8, 4) is 0 Å². The molecule has 0 bridgehead atoms. The second-order valence-electron chi connectivity index (χ2n) is 6.34. The van der Waals surface area contributed by atoms with E-state index in [9.17, 15) is 4.79 Å². The standard InChI is InChI=1S/C16H32O4/c1-8-11-19-14(17)20-16(7,9-2)15(5,6)10-12-18-13(3)4/h13H,8-12H2,1-7H3. The van der Waals surface area contributed by atoms with Gasteiger partial charge in [0.1, 0.15) is 5.60 Å². The van der Waals surface area contributed by atoms with Gasteiger partial charge in [-0.1, -0.05) is 27.7 Å². The number of carbonyl (C=O) groups is 1. The Bertz CT molecular complexity index is 286. The third-order valence-electron chi connectivity index (χ3n) is 4.02. The molecule has 0 amide bonds. The van der Waals surface area contributed by atoms with Crippen molar-refractivity contribution in [2.75, 3.05) is 13.2 Å². The SMILES string of the molecule is CCCOC(=O)OC(C)(CC)C(C)(C)CCOC(C)C. The molecule has 0 aromatic rings. The fourth-order valence-electron chi connectivity index (χ4n) is 1.90. The maximum atomic E-state index is 11.7. The van der Waals surface area contributed by atoms with Crippen molar-refractivity contribution < 1.29 is 19.0 Å². The first-order chi connectivity index (χ1) is 9.18. The van der Waals surface area contributed by atoms with Crippen LogP contribution in [0, 0.1) is 5.41 Å². The molecule has 0 saturated carbocycles. The minimum Gasteiger partial charge on any atom is -0.434 e. The van der Waals surface area contributed by atoms with E-state index in [1.165, 1.54) is 0 Å². The van der Waals surface area contributed by atoms with Crippen LogP contribution in [-0.4, -0.2) is 31.1 Å². The van der Waals surface area contributed by atoms with Crippen LogP contribution in [0.5, 0.6) is 0 Å². The Kier molecular flexibility index (Phi) is 8.17. The number of hydrogen-bond donors (Lipinski definition) is 0. The van der Waals surface area contributed by atoms with Crippen molar-refractivity contribution >= 4 is 6.16 Å². The van der Waals surface area contributed by atoms with Gasteiger partial charge in [-0.2, -0.15) is 0 Å². The molecule has 0 aliphatic carbocycles. The highest BCUT2D eigenvalue weighted by Crippen LogP contribution is 2.40. The van der Waals surface area contributed by atoms with Crippen LogP contribution in [0.3, 0.4) is 0 Å². The Balaban J connectivity index is 4.60. The van der Waals surface area contributed by atoms with Gasteiger partial charge in [0.05, 0.1) is 12.7 Å². The molecule has 20 heavy (non-hydrogen) atoms. The van der Waals surface area contributed by atoms with E-state index in [2.05, 4.69) is 13.8 Å². The molecule has 0 aromatic heterocycles. The molecule has 0 N–H and O–H groups in total. The lowest BCUT2D eigenvalue weighted by Gasteiger charge is -2.42. The van der Waals surface area contributed by atoms with E-state index >= 15 is 0 Å². The van der Waals surface area contributed by atoms with Crippen LogP contribution >= 0.6 is 0 Å². The lowest BCUT2D eigenvalue weighted by Crippen LogP contribution is -2.46. The Morgan fingerprint density at radius 1 is 1.10 bits per heavy atom. The Labute approximate surface area is 124 Å². The van der Waals surface area contributed by atoms with Gasteiger partial charge in [-0.25, -0.2) is 4.79 Å². The van der Waals surface area contributed by atoms with Crippen molar-refractivity contribution in [3.63, 3.8) is 0 Å². The van der Waals surface area contributed by atoms with E-state index in [-0.39, 0.29) is 11.5 Å². The summed E-state index contributed by atoms with van der Waals surface area (Å²) in [6.07, 6.45) is 2.01. The lowest BCUT2D eigenvalue weighted by atomic mass is 9.72. The van der Waals surface area contributed by atoms with Crippen molar-refractivity contribution in [3.05, 3.63) is 0 Å². The summed E-state index contributed by atoms with van der Waals surface area (Å²) in [4.78, 5) is 11.7. The molecular weight excluding hydrogens is 256 g/mol. The van der Waals surface area contributed by atoms with Crippen molar-refractivity contribution in [1.29, 1.82) is 0 Å². The Morgan fingerprint density at radius 2 is 1.70 bits per heavy atom. The Hall–Kier alpha value is -0.770. The summed E-state index contributed by atoms with van der Waals surface area (Å²) < 4.78 is 16.2. The van der Waals surface area contributed by atoms with Gasteiger partial charge < -0.3 is 14.2 Å². The van der Waals surface area contributed by atoms with Crippen molar-refractivity contribution in [2.24, 2.45) is 5.41 Å². The lowest BCUT2D eigenvalue weighted by molar-refractivity contribution is -0.103. The normalized spacial score (nSPS) is 15.0. The van der Waals surface area contributed by atoms with E-state index in [4.69, 9.17) is 14.2 Å². The average molecular weight is 288 g/mol. The van der Waals surface area contributed by atoms with Gasteiger partial charge in [0, 0.05) is 12.0 Å². The molecule has 0 aromatic carbocycles. The van der Waals surface area contributed by atoms with Crippen LogP contribution in [-0.2, 0) is 14.2 Å². The molecule has 0 fully saturated rings. The highest BCUT2D eigenvalue weighted by Gasteiger charge is 2.43. The van der Waals surface area contributed by atoms with Gasteiger partial charge in [-0.15, -0.1) is 0 Å². The fraction of sp³-hybridized carbons (Fsp3) is 0.938.